The van der Waals surface area contributed by atoms with Gasteiger partial charge in [0, 0.05) is 5.57 Å². The molecule has 0 fully saturated rings. The zero-order chi connectivity index (χ0) is 16.8. The highest BCUT2D eigenvalue weighted by molar-refractivity contribution is 5.75. The van der Waals surface area contributed by atoms with E-state index in [1.54, 1.807) is 6.33 Å². The van der Waals surface area contributed by atoms with E-state index in [0.29, 0.717) is 17.9 Å². The molecule has 2 aromatic carbocycles. The Kier molecular flexibility index (Phi) is 4.60. The first-order chi connectivity index (χ1) is 11.8. The van der Waals surface area contributed by atoms with Gasteiger partial charge in [-0.2, -0.15) is 5.26 Å². The molecule has 0 atom stereocenters. The van der Waals surface area contributed by atoms with Crippen LogP contribution >= 0.6 is 0 Å². The third-order valence-electron chi connectivity index (χ3n) is 3.53. The minimum atomic E-state index is 0.222. The van der Waals surface area contributed by atoms with E-state index in [0.717, 1.165) is 16.6 Å². The highest BCUT2D eigenvalue weighted by Gasteiger charge is 2.04. The van der Waals surface area contributed by atoms with Crippen LogP contribution in [0, 0.1) is 23.7 Å². The number of nitrogens with zero attached hydrogens (tertiary/aromatic N) is 3. The average Bonchev–Trinajstić information content (AvgIpc) is 3.03. The number of benzene rings is 2. The van der Waals surface area contributed by atoms with Crippen molar-refractivity contribution in [3.05, 3.63) is 66.0 Å². The Morgan fingerprint density at radius 2 is 2.12 bits per heavy atom. The van der Waals surface area contributed by atoms with E-state index in [4.69, 9.17) is 11.2 Å². The van der Waals surface area contributed by atoms with E-state index < -0.39 is 0 Å². The molecule has 1 aromatic heterocycles. The molecule has 0 unspecified atom stereocenters. The Morgan fingerprint density at radius 3 is 2.96 bits per heavy atom. The molecule has 1 heterocycles. The molecular weight excluding hydrogens is 298 g/mol. The molecule has 0 N–H and O–H groups in total. The molecule has 0 spiro atoms. The van der Waals surface area contributed by atoms with Crippen molar-refractivity contribution in [1.82, 2.24) is 9.55 Å². The molecule has 0 bridgehead atoms. The fourth-order valence-corrected chi connectivity index (χ4v) is 2.45. The molecular formula is C20H15N3O. The number of hydrogen-bond donors (Lipinski definition) is 0. The van der Waals surface area contributed by atoms with Gasteiger partial charge in [0.25, 0.3) is 0 Å². The topological polar surface area (TPSA) is 50.8 Å². The summed E-state index contributed by atoms with van der Waals surface area (Å²) in [4.78, 5) is 4.35. The normalized spacial score (nSPS) is 11.0. The lowest BCUT2D eigenvalue weighted by Crippen LogP contribution is -1.98. The van der Waals surface area contributed by atoms with Crippen LogP contribution in [0.4, 0.5) is 0 Å². The Bertz CT molecular complexity index is 970. The van der Waals surface area contributed by atoms with Crippen LogP contribution in [0.3, 0.4) is 0 Å². The quantitative estimate of drug-likeness (QED) is 0.533. The van der Waals surface area contributed by atoms with E-state index in [9.17, 15) is 5.26 Å². The van der Waals surface area contributed by atoms with Crippen LogP contribution in [0.15, 0.2) is 60.4 Å². The van der Waals surface area contributed by atoms with Gasteiger partial charge in [-0.3, -0.25) is 0 Å². The standard InChI is InChI=1S/C20H15N3O/c1-2-10-24-18-7-5-6-16(12-18)11-17(13-21)14-23-15-22-19-8-3-4-9-20(19)23/h1,3-9,11-12,15H,10,14H2/b17-11-. The third-order valence-corrected chi connectivity index (χ3v) is 3.53. The number of nitriles is 1. The molecule has 4 heteroatoms. The molecule has 24 heavy (non-hydrogen) atoms. The van der Waals surface area contributed by atoms with E-state index in [1.807, 2.05) is 59.2 Å². The molecule has 0 saturated heterocycles. The number of para-hydroxylation sites is 2. The number of hydrogen-bond acceptors (Lipinski definition) is 3. The molecule has 0 saturated carbocycles. The van der Waals surface area contributed by atoms with Crippen molar-refractivity contribution < 1.29 is 4.74 Å². The number of fused-ring (bicyclic) bond motifs is 1. The lowest BCUT2D eigenvalue weighted by molar-refractivity contribution is 0.370. The Morgan fingerprint density at radius 1 is 1.25 bits per heavy atom. The number of rotatable bonds is 5. The predicted octanol–water partition coefficient (Wildman–Crippen LogP) is 3.66. The zero-order valence-corrected chi connectivity index (χ0v) is 13.0. The Hall–Kier alpha value is -3.50. The van der Waals surface area contributed by atoms with Gasteiger partial charge in [0.15, 0.2) is 0 Å². The van der Waals surface area contributed by atoms with Gasteiger partial charge in [-0.15, -0.1) is 6.42 Å². The molecule has 0 aliphatic heterocycles. The van der Waals surface area contributed by atoms with Gasteiger partial charge in [0.05, 0.1) is 30.0 Å². The molecule has 3 rings (SSSR count). The summed E-state index contributed by atoms with van der Waals surface area (Å²) in [6.07, 6.45) is 8.80. The van der Waals surface area contributed by atoms with E-state index in [1.165, 1.54) is 0 Å². The van der Waals surface area contributed by atoms with Crippen molar-refractivity contribution in [2.24, 2.45) is 0 Å². The maximum Gasteiger partial charge on any atom is 0.148 e. The van der Waals surface area contributed by atoms with Crippen molar-refractivity contribution in [2.75, 3.05) is 6.61 Å². The van der Waals surface area contributed by atoms with E-state index in [2.05, 4.69) is 17.0 Å². The third kappa shape index (κ3) is 3.45. The molecule has 0 aliphatic rings. The summed E-state index contributed by atoms with van der Waals surface area (Å²) in [6.45, 7) is 0.686. The van der Waals surface area contributed by atoms with Gasteiger partial charge in [-0.05, 0) is 35.9 Å². The smallest absolute Gasteiger partial charge is 0.148 e. The van der Waals surface area contributed by atoms with Gasteiger partial charge in [-0.1, -0.05) is 30.2 Å². The molecule has 116 valence electrons. The van der Waals surface area contributed by atoms with Gasteiger partial charge in [0.1, 0.15) is 12.4 Å². The molecule has 0 radical (unpaired) electrons. The minimum absolute atomic E-state index is 0.222. The lowest BCUT2D eigenvalue weighted by atomic mass is 10.1. The second-order valence-corrected chi connectivity index (χ2v) is 5.21. The Labute approximate surface area is 140 Å². The lowest BCUT2D eigenvalue weighted by Gasteiger charge is -2.05. The predicted molar refractivity (Wildman–Crippen MR) is 94.1 cm³/mol. The van der Waals surface area contributed by atoms with Crippen LogP contribution in [0.2, 0.25) is 0 Å². The number of terminal acetylenes is 1. The fraction of sp³-hybridized carbons (Fsp3) is 0.100. The summed E-state index contributed by atoms with van der Waals surface area (Å²) < 4.78 is 7.37. The number of aromatic nitrogens is 2. The molecule has 3 aromatic rings. The van der Waals surface area contributed by atoms with Crippen LogP contribution < -0.4 is 4.74 Å². The van der Waals surface area contributed by atoms with E-state index >= 15 is 0 Å². The SMILES string of the molecule is C#CCOc1cccc(/C=C(/C#N)Cn2cnc3ccccc32)c1. The number of allylic oxidation sites excluding steroid dienone is 1. The first-order valence-electron chi connectivity index (χ1n) is 7.47. The van der Waals surface area contributed by atoms with Crippen LogP contribution in [0.5, 0.6) is 5.75 Å². The van der Waals surface area contributed by atoms with Crippen molar-refractivity contribution in [2.45, 2.75) is 6.54 Å². The summed E-state index contributed by atoms with van der Waals surface area (Å²) in [7, 11) is 0. The largest absolute Gasteiger partial charge is 0.481 e. The minimum Gasteiger partial charge on any atom is -0.481 e. The van der Waals surface area contributed by atoms with Gasteiger partial charge >= 0.3 is 0 Å². The highest BCUT2D eigenvalue weighted by atomic mass is 16.5. The second kappa shape index (κ2) is 7.17. The average molecular weight is 313 g/mol. The van der Waals surface area contributed by atoms with Gasteiger partial charge in [-0.25, -0.2) is 4.98 Å². The molecule has 4 nitrogen and oxygen atoms in total. The van der Waals surface area contributed by atoms with Crippen molar-refractivity contribution in [3.8, 4) is 24.2 Å². The van der Waals surface area contributed by atoms with Crippen LogP contribution in [0.25, 0.3) is 17.1 Å². The number of ether oxygens (including phenoxy) is 1. The fourth-order valence-electron chi connectivity index (χ4n) is 2.45. The van der Waals surface area contributed by atoms with Crippen molar-refractivity contribution >= 4 is 17.1 Å². The summed E-state index contributed by atoms with van der Waals surface area (Å²) in [5.41, 5.74) is 3.45. The maximum atomic E-state index is 9.46. The molecule has 0 aliphatic carbocycles. The Balaban J connectivity index is 1.85. The second-order valence-electron chi connectivity index (χ2n) is 5.21. The van der Waals surface area contributed by atoms with Gasteiger partial charge < -0.3 is 9.30 Å². The van der Waals surface area contributed by atoms with E-state index in [-0.39, 0.29) is 6.61 Å². The highest BCUT2D eigenvalue weighted by Crippen LogP contribution is 2.18. The zero-order valence-electron chi connectivity index (χ0n) is 13.0. The molecule has 0 amide bonds. The summed E-state index contributed by atoms with van der Waals surface area (Å²) in [6, 6.07) is 17.6. The van der Waals surface area contributed by atoms with Crippen molar-refractivity contribution in [3.63, 3.8) is 0 Å². The summed E-state index contributed by atoms with van der Waals surface area (Å²) in [5.74, 6) is 3.12. The van der Waals surface area contributed by atoms with Crippen molar-refractivity contribution in [1.29, 1.82) is 5.26 Å². The summed E-state index contributed by atoms with van der Waals surface area (Å²) in [5, 5.41) is 9.46. The van der Waals surface area contributed by atoms with Crippen LogP contribution in [-0.2, 0) is 6.54 Å². The van der Waals surface area contributed by atoms with Crippen LogP contribution in [-0.4, -0.2) is 16.2 Å². The van der Waals surface area contributed by atoms with Crippen LogP contribution in [0.1, 0.15) is 5.56 Å². The maximum absolute atomic E-state index is 9.46. The first-order valence-corrected chi connectivity index (χ1v) is 7.47. The number of imidazole rings is 1. The first kappa shape index (κ1) is 15.4. The van der Waals surface area contributed by atoms with Gasteiger partial charge in [0.2, 0.25) is 0 Å². The monoisotopic (exact) mass is 313 g/mol. The summed E-state index contributed by atoms with van der Waals surface area (Å²) >= 11 is 0.